The van der Waals surface area contributed by atoms with Crippen LogP contribution in [0, 0.1) is 11.8 Å². The van der Waals surface area contributed by atoms with Gasteiger partial charge in [-0.3, -0.25) is 0 Å². The van der Waals surface area contributed by atoms with E-state index in [1.807, 2.05) is 0 Å². The van der Waals surface area contributed by atoms with E-state index in [0.717, 1.165) is 31.1 Å². The summed E-state index contributed by atoms with van der Waals surface area (Å²) < 4.78 is 0. The van der Waals surface area contributed by atoms with Crippen molar-refractivity contribution >= 4 is 0 Å². The lowest BCUT2D eigenvalue weighted by Gasteiger charge is -2.04. The first-order valence-electron chi connectivity index (χ1n) is 4.42. The molecule has 1 nitrogen and oxygen atoms in total. The van der Waals surface area contributed by atoms with Gasteiger partial charge >= 0.3 is 0 Å². The van der Waals surface area contributed by atoms with E-state index in [4.69, 9.17) is 0 Å². The molecule has 1 heteroatoms. The summed E-state index contributed by atoms with van der Waals surface area (Å²) in [5, 5.41) is 9.49. The molecule has 0 spiro atoms. The Morgan fingerprint density at radius 3 is 2.50 bits per heavy atom. The third-order valence-corrected chi connectivity index (χ3v) is 3.08. The van der Waals surface area contributed by atoms with E-state index >= 15 is 0 Å². The van der Waals surface area contributed by atoms with Gasteiger partial charge in [0, 0.05) is 0 Å². The smallest absolute Gasteiger partial charge is 0.0650 e. The van der Waals surface area contributed by atoms with Crippen LogP contribution in [-0.4, -0.2) is 10.7 Å². The number of hydrogen-bond acceptors (Lipinski definition) is 1. The van der Waals surface area contributed by atoms with Crippen LogP contribution in [0.1, 0.15) is 39.0 Å². The van der Waals surface area contributed by atoms with Crippen molar-refractivity contribution in [2.24, 2.45) is 11.8 Å². The highest BCUT2D eigenvalue weighted by Crippen LogP contribution is 2.47. The van der Waals surface area contributed by atoms with Crippen LogP contribution >= 0.6 is 0 Å². The molecule has 0 aromatic heterocycles. The van der Waals surface area contributed by atoms with Gasteiger partial charge in [0.1, 0.15) is 0 Å². The van der Waals surface area contributed by atoms with Crippen LogP contribution in [0.3, 0.4) is 0 Å². The highest BCUT2D eigenvalue weighted by molar-refractivity contribution is 4.95. The molecule has 0 heterocycles. The van der Waals surface area contributed by atoms with Crippen LogP contribution < -0.4 is 0 Å². The molecular weight excluding hydrogens is 124 g/mol. The number of hydrogen-bond donors (Lipinski definition) is 1. The van der Waals surface area contributed by atoms with E-state index in [1.165, 1.54) is 12.8 Å². The predicted octanol–water partition coefficient (Wildman–Crippen LogP) is 1.95. The van der Waals surface area contributed by atoms with Crippen LogP contribution in [0.5, 0.6) is 0 Å². The third kappa shape index (κ3) is 1.34. The molecular formula is C9H16O. The molecule has 2 fully saturated rings. The molecule has 2 rings (SSSR count). The van der Waals surface area contributed by atoms with Gasteiger partial charge in [0.2, 0.25) is 0 Å². The molecule has 0 radical (unpaired) electrons. The minimum absolute atomic E-state index is 0.192. The van der Waals surface area contributed by atoms with Crippen LogP contribution in [0.2, 0.25) is 0 Å². The van der Waals surface area contributed by atoms with E-state index in [2.05, 4.69) is 6.92 Å². The fourth-order valence-electron chi connectivity index (χ4n) is 1.65. The van der Waals surface area contributed by atoms with Gasteiger partial charge in [0.05, 0.1) is 5.60 Å². The molecule has 2 aliphatic rings. The zero-order valence-electron chi connectivity index (χ0n) is 6.64. The summed E-state index contributed by atoms with van der Waals surface area (Å²) in [6, 6.07) is 0. The maximum atomic E-state index is 9.49. The van der Waals surface area contributed by atoms with Crippen LogP contribution in [0.25, 0.3) is 0 Å². The Morgan fingerprint density at radius 1 is 1.50 bits per heavy atom. The Hall–Kier alpha value is -0.0400. The highest BCUT2D eigenvalue weighted by Gasteiger charge is 2.42. The van der Waals surface area contributed by atoms with Gasteiger partial charge in [0.25, 0.3) is 0 Å². The van der Waals surface area contributed by atoms with Crippen molar-refractivity contribution in [2.75, 3.05) is 0 Å². The molecule has 0 aromatic carbocycles. The van der Waals surface area contributed by atoms with Crippen LogP contribution in [0.15, 0.2) is 0 Å². The maximum Gasteiger partial charge on any atom is 0.0650 e. The molecule has 0 saturated heterocycles. The average molecular weight is 140 g/mol. The second-order valence-electron chi connectivity index (χ2n) is 4.24. The fraction of sp³-hybridized carbons (Fsp3) is 1.00. The Bertz CT molecular complexity index is 138. The van der Waals surface area contributed by atoms with E-state index in [-0.39, 0.29) is 5.60 Å². The molecule has 2 aliphatic carbocycles. The first-order chi connectivity index (χ1) is 4.70. The average Bonchev–Trinajstić information content (AvgIpc) is 2.71. The molecule has 0 aromatic rings. The van der Waals surface area contributed by atoms with E-state index in [9.17, 15) is 5.11 Å². The molecule has 1 N–H and O–H groups in total. The van der Waals surface area contributed by atoms with Crippen molar-refractivity contribution in [3.05, 3.63) is 0 Å². The van der Waals surface area contributed by atoms with Gasteiger partial charge < -0.3 is 5.11 Å². The standard InChI is InChI=1S/C9H16O/c1-7-6-8(7)2-3-9(10)4-5-9/h7-8,10H,2-6H2,1H3. The van der Waals surface area contributed by atoms with Crippen molar-refractivity contribution in [3.8, 4) is 0 Å². The topological polar surface area (TPSA) is 20.2 Å². The minimum Gasteiger partial charge on any atom is -0.390 e. The third-order valence-electron chi connectivity index (χ3n) is 3.08. The summed E-state index contributed by atoms with van der Waals surface area (Å²) >= 11 is 0. The molecule has 0 amide bonds. The van der Waals surface area contributed by atoms with Crippen molar-refractivity contribution in [1.29, 1.82) is 0 Å². The summed E-state index contributed by atoms with van der Waals surface area (Å²) in [6.45, 7) is 2.31. The Kier molecular flexibility index (Phi) is 1.31. The molecule has 58 valence electrons. The molecule has 2 unspecified atom stereocenters. The molecule has 10 heavy (non-hydrogen) atoms. The Morgan fingerprint density at radius 2 is 2.10 bits per heavy atom. The van der Waals surface area contributed by atoms with Crippen molar-refractivity contribution in [1.82, 2.24) is 0 Å². The lowest BCUT2D eigenvalue weighted by atomic mass is 10.1. The summed E-state index contributed by atoms with van der Waals surface area (Å²) in [5.41, 5.74) is -0.192. The molecule has 0 bridgehead atoms. The summed E-state index contributed by atoms with van der Waals surface area (Å²) in [7, 11) is 0. The summed E-state index contributed by atoms with van der Waals surface area (Å²) in [5.74, 6) is 1.92. The number of aliphatic hydroxyl groups is 1. The van der Waals surface area contributed by atoms with E-state index < -0.39 is 0 Å². The predicted molar refractivity (Wildman–Crippen MR) is 40.7 cm³/mol. The van der Waals surface area contributed by atoms with Gasteiger partial charge in [-0.2, -0.15) is 0 Å². The summed E-state index contributed by atoms with van der Waals surface area (Å²) in [4.78, 5) is 0. The van der Waals surface area contributed by atoms with E-state index in [1.54, 1.807) is 0 Å². The van der Waals surface area contributed by atoms with Crippen molar-refractivity contribution in [3.63, 3.8) is 0 Å². The zero-order valence-corrected chi connectivity index (χ0v) is 6.64. The second kappa shape index (κ2) is 1.97. The first kappa shape index (κ1) is 6.66. The van der Waals surface area contributed by atoms with Gasteiger partial charge in [-0.15, -0.1) is 0 Å². The van der Waals surface area contributed by atoms with Crippen LogP contribution in [-0.2, 0) is 0 Å². The Labute approximate surface area is 62.4 Å². The SMILES string of the molecule is CC1CC1CCC1(O)CC1. The maximum absolute atomic E-state index is 9.49. The van der Waals surface area contributed by atoms with Gasteiger partial charge in [-0.1, -0.05) is 6.92 Å². The molecule has 2 atom stereocenters. The van der Waals surface area contributed by atoms with Crippen molar-refractivity contribution < 1.29 is 5.11 Å². The van der Waals surface area contributed by atoms with E-state index in [0.29, 0.717) is 0 Å². The molecule has 2 saturated carbocycles. The van der Waals surface area contributed by atoms with Gasteiger partial charge in [0.15, 0.2) is 0 Å². The molecule has 0 aliphatic heterocycles. The largest absolute Gasteiger partial charge is 0.390 e. The number of rotatable bonds is 3. The first-order valence-corrected chi connectivity index (χ1v) is 4.42. The van der Waals surface area contributed by atoms with Crippen molar-refractivity contribution in [2.45, 2.75) is 44.6 Å². The Balaban J connectivity index is 1.64. The quantitative estimate of drug-likeness (QED) is 0.635. The summed E-state index contributed by atoms with van der Waals surface area (Å²) in [6.07, 6.45) is 5.89. The highest BCUT2D eigenvalue weighted by atomic mass is 16.3. The fourth-order valence-corrected chi connectivity index (χ4v) is 1.65. The van der Waals surface area contributed by atoms with Crippen LogP contribution in [0.4, 0.5) is 0 Å². The zero-order chi connectivity index (χ0) is 7.19. The van der Waals surface area contributed by atoms with Gasteiger partial charge in [-0.25, -0.2) is 0 Å². The lowest BCUT2D eigenvalue weighted by Crippen LogP contribution is -2.06. The second-order valence-corrected chi connectivity index (χ2v) is 4.24. The van der Waals surface area contributed by atoms with Gasteiger partial charge in [-0.05, 0) is 43.9 Å². The monoisotopic (exact) mass is 140 g/mol. The minimum atomic E-state index is -0.192. The lowest BCUT2D eigenvalue weighted by molar-refractivity contribution is 0.135. The normalized spacial score (nSPS) is 41.4.